The van der Waals surface area contributed by atoms with Crippen LogP contribution in [0, 0.1) is 0 Å². The van der Waals surface area contributed by atoms with E-state index in [1.807, 2.05) is 42.5 Å². The van der Waals surface area contributed by atoms with Gasteiger partial charge in [-0.3, -0.25) is 4.99 Å². The molecular weight excluding hydrogens is 370 g/mol. The molecule has 156 valence electrons. The van der Waals surface area contributed by atoms with Gasteiger partial charge in [-0.2, -0.15) is 0 Å². The average molecular weight is 399 g/mol. The van der Waals surface area contributed by atoms with Crippen LogP contribution in [0.3, 0.4) is 0 Å². The molecule has 0 unspecified atom stereocenters. The van der Waals surface area contributed by atoms with Crippen molar-refractivity contribution in [2.45, 2.75) is 19.4 Å². The lowest BCUT2D eigenvalue weighted by atomic mass is 10.2. The minimum atomic E-state index is 0.569. The molecule has 0 saturated carbocycles. The summed E-state index contributed by atoms with van der Waals surface area (Å²) in [6.45, 7) is 3.21. The number of hydrogen-bond acceptors (Lipinski definition) is 5. The monoisotopic (exact) mass is 399 g/mol. The Morgan fingerprint density at radius 2 is 1.97 bits per heavy atom. The number of anilines is 1. The molecular formula is C22H29N3O4. The number of benzene rings is 2. The van der Waals surface area contributed by atoms with Crippen molar-refractivity contribution in [2.24, 2.45) is 4.99 Å². The standard InChI is InChI=1S/C22H29N3O4/c1-23-22(25-18-8-4-9-19(15-18)27-12-5-11-26-2)24-16-17-7-3-10-20-21(17)29-14-6-13-28-20/h3-4,7-10,15H,5-6,11-14,16H2,1-2H3,(H2,23,24,25). The SMILES string of the molecule is CN=C(NCc1cccc2c1OCCCO2)Nc1cccc(OCCCOC)c1. The highest BCUT2D eigenvalue weighted by Crippen LogP contribution is 2.33. The Morgan fingerprint density at radius 3 is 2.83 bits per heavy atom. The summed E-state index contributed by atoms with van der Waals surface area (Å²) in [5.41, 5.74) is 1.93. The van der Waals surface area contributed by atoms with Crippen LogP contribution in [0.5, 0.6) is 17.2 Å². The number of guanidine groups is 1. The van der Waals surface area contributed by atoms with E-state index in [1.165, 1.54) is 0 Å². The predicted molar refractivity (Wildman–Crippen MR) is 114 cm³/mol. The summed E-state index contributed by atoms with van der Waals surface area (Å²) in [5.74, 6) is 3.07. The van der Waals surface area contributed by atoms with E-state index < -0.39 is 0 Å². The van der Waals surface area contributed by atoms with Crippen LogP contribution in [-0.4, -0.2) is 46.5 Å². The Hall–Kier alpha value is -2.93. The van der Waals surface area contributed by atoms with Gasteiger partial charge in [-0.1, -0.05) is 18.2 Å². The first kappa shape index (κ1) is 20.8. The number of hydrogen-bond donors (Lipinski definition) is 2. The zero-order chi connectivity index (χ0) is 20.3. The Balaban J connectivity index is 1.58. The van der Waals surface area contributed by atoms with Crippen molar-refractivity contribution >= 4 is 11.6 Å². The summed E-state index contributed by atoms with van der Waals surface area (Å²) >= 11 is 0. The highest BCUT2D eigenvalue weighted by atomic mass is 16.5. The largest absolute Gasteiger partial charge is 0.493 e. The lowest BCUT2D eigenvalue weighted by Crippen LogP contribution is -2.30. The fourth-order valence-electron chi connectivity index (χ4n) is 2.94. The second kappa shape index (κ2) is 11.2. The molecule has 2 N–H and O–H groups in total. The molecule has 1 aliphatic rings. The van der Waals surface area contributed by atoms with Crippen LogP contribution in [0.1, 0.15) is 18.4 Å². The maximum atomic E-state index is 5.88. The molecule has 29 heavy (non-hydrogen) atoms. The van der Waals surface area contributed by atoms with E-state index in [1.54, 1.807) is 14.2 Å². The summed E-state index contributed by atoms with van der Waals surface area (Å²) in [4.78, 5) is 4.31. The van der Waals surface area contributed by atoms with Crippen molar-refractivity contribution in [2.75, 3.05) is 45.9 Å². The lowest BCUT2D eigenvalue weighted by molar-refractivity contribution is 0.172. The van der Waals surface area contributed by atoms with Gasteiger partial charge in [-0.05, 0) is 18.2 Å². The molecule has 7 heteroatoms. The van der Waals surface area contributed by atoms with Crippen molar-refractivity contribution in [1.82, 2.24) is 5.32 Å². The summed E-state index contributed by atoms with van der Waals surface area (Å²) in [6, 6.07) is 13.8. The van der Waals surface area contributed by atoms with Gasteiger partial charge in [0.2, 0.25) is 0 Å². The third-order valence-corrected chi connectivity index (χ3v) is 4.38. The molecule has 7 nitrogen and oxygen atoms in total. The van der Waals surface area contributed by atoms with E-state index >= 15 is 0 Å². The Labute approximate surface area is 172 Å². The Morgan fingerprint density at radius 1 is 1.10 bits per heavy atom. The maximum Gasteiger partial charge on any atom is 0.195 e. The molecule has 2 aromatic carbocycles. The van der Waals surface area contributed by atoms with Gasteiger partial charge >= 0.3 is 0 Å². The van der Waals surface area contributed by atoms with Crippen molar-refractivity contribution in [3.63, 3.8) is 0 Å². The normalized spacial score (nSPS) is 13.5. The molecule has 0 atom stereocenters. The fourth-order valence-corrected chi connectivity index (χ4v) is 2.94. The molecule has 0 fully saturated rings. The van der Waals surface area contributed by atoms with Crippen LogP contribution in [0.4, 0.5) is 5.69 Å². The molecule has 0 spiro atoms. The van der Waals surface area contributed by atoms with Gasteiger partial charge in [0.1, 0.15) is 5.75 Å². The van der Waals surface area contributed by atoms with Crippen LogP contribution in [0.2, 0.25) is 0 Å². The van der Waals surface area contributed by atoms with E-state index in [4.69, 9.17) is 18.9 Å². The van der Waals surface area contributed by atoms with Crippen molar-refractivity contribution in [3.05, 3.63) is 48.0 Å². The number of methoxy groups -OCH3 is 1. The van der Waals surface area contributed by atoms with Crippen LogP contribution in [0.25, 0.3) is 0 Å². The summed E-state index contributed by atoms with van der Waals surface area (Å²) < 4.78 is 22.4. The quantitative estimate of drug-likeness (QED) is 0.402. The molecule has 0 bridgehead atoms. The number of nitrogens with zero attached hydrogens (tertiary/aromatic N) is 1. The van der Waals surface area contributed by atoms with E-state index in [0.717, 1.165) is 41.3 Å². The summed E-state index contributed by atoms with van der Waals surface area (Å²) in [7, 11) is 3.43. The maximum absolute atomic E-state index is 5.88. The van der Waals surface area contributed by atoms with Crippen LogP contribution >= 0.6 is 0 Å². The molecule has 0 aliphatic carbocycles. The zero-order valence-electron chi connectivity index (χ0n) is 17.1. The fraction of sp³-hybridized carbons (Fsp3) is 0.409. The second-order valence-electron chi connectivity index (χ2n) is 6.57. The first-order chi connectivity index (χ1) is 14.3. The molecule has 2 aromatic rings. The zero-order valence-corrected chi connectivity index (χ0v) is 17.1. The number of aliphatic imine (C=N–C) groups is 1. The number of nitrogens with one attached hydrogen (secondary N) is 2. The molecule has 0 saturated heterocycles. The minimum Gasteiger partial charge on any atom is -0.493 e. The molecule has 3 rings (SSSR count). The van der Waals surface area contributed by atoms with Gasteiger partial charge in [0.25, 0.3) is 0 Å². The van der Waals surface area contributed by atoms with Crippen LogP contribution in [-0.2, 0) is 11.3 Å². The van der Waals surface area contributed by atoms with Gasteiger partial charge in [0.05, 0.1) is 19.8 Å². The smallest absolute Gasteiger partial charge is 0.195 e. The molecule has 1 aliphatic heterocycles. The first-order valence-electron chi connectivity index (χ1n) is 9.87. The molecule has 1 heterocycles. The number of para-hydroxylation sites is 1. The van der Waals surface area contributed by atoms with E-state index in [0.29, 0.717) is 38.9 Å². The predicted octanol–water partition coefficient (Wildman–Crippen LogP) is 3.45. The van der Waals surface area contributed by atoms with Crippen LogP contribution in [0.15, 0.2) is 47.5 Å². The second-order valence-corrected chi connectivity index (χ2v) is 6.57. The van der Waals surface area contributed by atoms with Gasteiger partial charge < -0.3 is 29.6 Å². The molecule has 0 amide bonds. The van der Waals surface area contributed by atoms with Crippen molar-refractivity contribution in [3.8, 4) is 17.2 Å². The number of ether oxygens (including phenoxy) is 4. The van der Waals surface area contributed by atoms with E-state index in [-0.39, 0.29) is 0 Å². The first-order valence-corrected chi connectivity index (χ1v) is 9.87. The van der Waals surface area contributed by atoms with Crippen LogP contribution < -0.4 is 24.8 Å². The highest BCUT2D eigenvalue weighted by Gasteiger charge is 2.14. The summed E-state index contributed by atoms with van der Waals surface area (Å²) in [5, 5.41) is 6.63. The number of fused-ring (bicyclic) bond motifs is 1. The number of rotatable bonds is 8. The van der Waals surface area contributed by atoms with Gasteiger partial charge in [0, 0.05) is 57.5 Å². The van der Waals surface area contributed by atoms with Gasteiger partial charge in [0.15, 0.2) is 17.5 Å². The minimum absolute atomic E-state index is 0.569. The molecule has 0 radical (unpaired) electrons. The third kappa shape index (κ3) is 6.29. The van der Waals surface area contributed by atoms with Crippen molar-refractivity contribution in [1.29, 1.82) is 0 Å². The summed E-state index contributed by atoms with van der Waals surface area (Å²) in [6.07, 6.45) is 1.74. The Bertz CT molecular complexity index is 810. The topological polar surface area (TPSA) is 73.3 Å². The Kier molecular flexibility index (Phi) is 8.01. The lowest BCUT2D eigenvalue weighted by Gasteiger charge is -2.16. The van der Waals surface area contributed by atoms with E-state index in [9.17, 15) is 0 Å². The van der Waals surface area contributed by atoms with Gasteiger partial charge in [-0.15, -0.1) is 0 Å². The average Bonchev–Trinajstić information content (AvgIpc) is 3.00. The van der Waals surface area contributed by atoms with Crippen molar-refractivity contribution < 1.29 is 18.9 Å². The van der Waals surface area contributed by atoms with E-state index in [2.05, 4.69) is 15.6 Å². The molecule has 0 aromatic heterocycles. The highest BCUT2D eigenvalue weighted by molar-refractivity contribution is 5.93. The third-order valence-electron chi connectivity index (χ3n) is 4.38. The van der Waals surface area contributed by atoms with Gasteiger partial charge in [-0.25, -0.2) is 0 Å².